The predicted octanol–water partition coefficient (Wildman–Crippen LogP) is 24.6. The SMILES string of the molecule is CC(C)OCCc1ccccc1.CC(C)OCc1ccccc1.CCC(C)OCc1ccccc1.CCOC1CC2CCC1(C)C2(C)C.CCOC1CC2CCC1C2.CCOCC1CC2CCC1C2.CCOCC1CCCCC1.CCOCCC1CC2CCC1C2.CCOCCC1CCCCC1. The fraction of sp³-hybridized carbons (Fsp3) is 0.806. The maximum absolute atomic E-state index is 5.88. The molecule has 10 saturated carbocycles. The van der Waals surface area contributed by atoms with E-state index in [2.05, 4.69) is 139 Å². The lowest BCUT2D eigenvalue weighted by molar-refractivity contribution is -0.0413. The van der Waals surface area contributed by atoms with Crippen molar-refractivity contribution in [2.45, 2.75) is 334 Å². The Morgan fingerprint density at radius 1 is 0.392 bits per heavy atom. The molecular formula is C93H160O9. The van der Waals surface area contributed by atoms with E-state index in [0.29, 0.717) is 41.3 Å². The van der Waals surface area contributed by atoms with E-state index in [0.717, 1.165) is 164 Å². The average Bonchev–Trinajstić information content (AvgIpc) is 1.56. The molecule has 13 atom stereocenters. The summed E-state index contributed by atoms with van der Waals surface area (Å²) >= 11 is 0. The molecule has 13 rings (SSSR count). The van der Waals surface area contributed by atoms with Gasteiger partial charge in [0.25, 0.3) is 0 Å². The lowest BCUT2D eigenvalue weighted by atomic mass is 9.70. The highest BCUT2D eigenvalue weighted by Gasteiger charge is 2.61. The zero-order chi connectivity index (χ0) is 73.6. The Morgan fingerprint density at radius 3 is 1.29 bits per heavy atom. The third-order valence-corrected chi connectivity index (χ3v) is 25.2. The summed E-state index contributed by atoms with van der Waals surface area (Å²) in [7, 11) is 0. The molecule has 102 heavy (non-hydrogen) atoms. The first-order valence-electron chi connectivity index (χ1n) is 43.0. The molecule has 0 radical (unpaired) electrons. The molecule has 0 saturated heterocycles. The van der Waals surface area contributed by atoms with E-state index in [1.807, 2.05) is 56.3 Å². The van der Waals surface area contributed by atoms with Crippen molar-refractivity contribution >= 4 is 0 Å². The summed E-state index contributed by atoms with van der Waals surface area (Å²) in [6.07, 6.45) is 43.2. The molecule has 9 nitrogen and oxygen atoms in total. The second kappa shape index (κ2) is 53.2. The van der Waals surface area contributed by atoms with Gasteiger partial charge in [0.05, 0.1) is 50.3 Å². The van der Waals surface area contributed by atoms with Gasteiger partial charge in [-0.2, -0.15) is 0 Å². The Balaban J connectivity index is 0.000000207. The van der Waals surface area contributed by atoms with Gasteiger partial charge in [0.1, 0.15) is 0 Å². The minimum atomic E-state index is 0.315. The Morgan fingerprint density at radius 2 is 0.863 bits per heavy atom. The van der Waals surface area contributed by atoms with Crippen LogP contribution in [0.5, 0.6) is 0 Å². The van der Waals surface area contributed by atoms with Gasteiger partial charge in [0.2, 0.25) is 0 Å². The van der Waals surface area contributed by atoms with E-state index in [-0.39, 0.29) is 0 Å². The Hall–Kier alpha value is -2.70. The van der Waals surface area contributed by atoms with E-state index in [1.54, 1.807) is 0 Å². The summed E-state index contributed by atoms with van der Waals surface area (Å²) in [4.78, 5) is 0. The number of benzene rings is 3. The van der Waals surface area contributed by atoms with E-state index in [4.69, 9.17) is 42.6 Å². The maximum atomic E-state index is 5.88. The van der Waals surface area contributed by atoms with Crippen LogP contribution in [0.3, 0.4) is 0 Å². The van der Waals surface area contributed by atoms with Gasteiger partial charge in [-0.3, -0.25) is 0 Å². The Bertz CT molecular complexity index is 2410. The topological polar surface area (TPSA) is 83.1 Å². The molecule has 3 aromatic rings. The number of hydrogen-bond donors (Lipinski definition) is 0. The van der Waals surface area contributed by atoms with Crippen LogP contribution in [-0.4, -0.2) is 103 Å². The van der Waals surface area contributed by atoms with Gasteiger partial charge in [0.15, 0.2) is 0 Å². The Labute approximate surface area is 629 Å². The zero-order valence-corrected chi connectivity index (χ0v) is 68.8. The van der Waals surface area contributed by atoms with E-state index in [1.165, 1.54) is 190 Å². The monoisotopic (exact) mass is 1420 g/mol. The molecule has 586 valence electrons. The fourth-order valence-electron chi connectivity index (χ4n) is 18.5. The van der Waals surface area contributed by atoms with Crippen molar-refractivity contribution in [2.75, 3.05) is 72.7 Å². The number of hydrogen-bond acceptors (Lipinski definition) is 9. The third-order valence-electron chi connectivity index (χ3n) is 25.2. The summed E-state index contributed by atoms with van der Waals surface area (Å²) in [5.74, 6) is 11.0. The molecule has 0 amide bonds. The number of fused-ring (bicyclic) bond motifs is 8. The molecule has 10 aliphatic rings. The fourth-order valence-corrected chi connectivity index (χ4v) is 18.5. The van der Waals surface area contributed by atoms with Gasteiger partial charge in [-0.05, 0) is 291 Å². The molecule has 3 aromatic carbocycles. The van der Waals surface area contributed by atoms with Crippen LogP contribution in [0.1, 0.15) is 300 Å². The molecule has 9 heteroatoms. The Kier molecular flexibility index (Phi) is 46.9. The molecule has 10 aliphatic carbocycles. The molecule has 0 heterocycles. The first kappa shape index (κ1) is 89.9. The van der Waals surface area contributed by atoms with Crippen LogP contribution in [0, 0.1) is 75.9 Å². The molecule has 0 spiro atoms. The highest BCUT2D eigenvalue weighted by molar-refractivity contribution is 5.16. The largest absolute Gasteiger partial charge is 0.382 e. The van der Waals surface area contributed by atoms with Crippen molar-refractivity contribution in [1.29, 1.82) is 0 Å². The van der Waals surface area contributed by atoms with E-state index >= 15 is 0 Å². The van der Waals surface area contributed by atoms with Crippen molar-refractivity contribution in [1.82, 2.24) is 0 Å². The second-order valence-corrected chi connectivity index (χ2v) is 33.4. The second-order valence-electron chi connectivity index (χ2n) is 33.4. The summed E-state index contributed by atoms with van der Waals surface area (Å²) < 4.78 is 49.5. The van der Waals surface area contributed by atoms with Gasteiger partial charge in [-0.15, -0.1) is 0 Å². The molecular weight excluding hydrogens is 1260 g/mol. The minimum absolute atomic E-state index is 0.315. The van der Waals surface area contributed by atoms with Crippen LogP contribution < -0.4 is 0 Å². The van der Waals surface area contributed by atoms with Crippen LogP contribution in [-0.2, 0) is 62.3 Å². The highest BCUT2D eigenvalue weighted by Crippen LogP contribution is 2.66. The molecule has 13 unspecified atom stereocenters. The summed E-state index contributed by atoms with van der Waals surface area (Å²) in [5.41, 5.74) is 4.79. The zero-order valence-electron chi connectivity index (χ0n) is 68.8. The molecule has 0 N–H and O–H groups in total. The molecule has 8 bridgehead atoms. The van der Waals surface area contributed by atoms with E-state index < -0.39 is 0 Å². The van der Waals surface area contributed by atoms with E-state index in [9.17, 15) is 0 Å². The van der Waals surface area contributed by atoms with Crippen molar-refractivity contribution in [3.8, 4) is 0 Å². The van der Waals surface area contributed by atoms with Gasteiger partial charge in [-0.1, -0.05) is 183 Å². The van der Waals surface area contributed by atoms with Gasteiger partial charge in [-0.25, -0.2) is 0 Å². The predicted molar refractivity (Wildman–Crippen MR) is 430 cm³/mol. The molecule has 0 aromatic heterocycles. The summed E-state index contributed by atoms with van der Waals surface area (Å²) in [5, 5.41) is 0. The van der Waals surface area contributed by atoms with Crippen molar-refractivity contribution in [3.63, 3.8) is 0 Å². The highest BCUT2D eigenvalue weighted by atomic mass is 16.5. The van der Waals surface area contributed by atoms with Crippen LogP contribution in [0.25, 0.3) is 0 Å². The van der Waals surface area contributed by atoms with Crippen molar-refractivity contribution < 1.29 is 42.6 Å². The quantitative estimate of drug-likeness (QED) is 0.0631. The molecule has 0 aliphatic heterocycles. The lowest BCUT2D eigenvalue weighted by Gasteiger charge is -2.38. The molecule has 10 fully saturated rings. The third kappa shape index (κ3) is 34.7. The van der Waals surface area contributed by atoms with Crippen LogP contribution in [0.15, 0.2) is 91.0 Å². The average molecular weight is 1420 g/mol. The van der Waals surface area contributed by atoms with Gasteiger partial charge in [0, 0.05) is 66.1 Å². The van der Waals surface area contributed by atoms with Crippen LogP contribution >= 0.6 is 0 Å². The maximum Gasteiger partial charge on any atom is 0.0720 e. The summed E-state index contributed by atoms with van der Waals surface area (Å²) in [6.45, 7) is 43.9. The first-order valence-corrected chi connectivity index (χ1v) is 43.0. The number of rotatable bonds is 29. The normalized spacial score (nSPS) is 27.7. The van der Waals surface area contributed by atoms with Crippen molar-refractivity contribution in [3.05, 3.63) is 108 Å². The van der Waals surface area contributed by atoms with Crippen LogP contribution in [0.4, 0.5) is 0 Å². The minimum Gasteiger partial charge on any atom is -0.382 e. The first-order chi connectivity index (χ1) is 49.5. The van der Waals surface area contributed by atoms with Gasteiger partial charge < -0.3 is 42.6 Å². The summed E-state index contributed by atoms with van der Waals surface area (Å²) in [6, 6.07) is 30.9. The standard InChI is InChI=1S/C12H22O.C11H20O.2C11H16O.C10H18O.C10H14O.C10H20O.C9H16O.C9H18O/c1-5-13-10-8-9-6-7-12(10,4)11(9,2)3;1-2-12-6-5-11-8-9-3-4-10(11)7-9;1-10(2)12-9-8-11-6-4-3-5-7-11;1-3-10(2)12-9-11-7-5-4-6-8-11;1-2-11-7-10-6-8-3-4-9(10)5-8;1-9(2)11-8-10-6-4-3-5-7-10;1-2-11-9-8-10-6-4-3-5-7-10;1-2-10-9-6-7-3-4-8(9)5-7;1-2-10-8-9-6-4-3-5-7-9/h9-10H,5-8H2,1-4H3;9-11H,2-8H2,1H3;3-7,10H,8-9H2,1-2H3;4-8,10H,3,9H2,1-2H3;8-10H,2-7H2,1H3;3-7,9H,8H2,1-2H3;10H,2-9H2,1H3;7-9H,2-6H2,1H3;9H,2-8H2,1H3. The van der Waals surface area contributed by atoms with Crippen molar-refractivity contribution in [2.24, 2.45) is 75.9 Å². The number of ether oxygens (including phenoxy) is 9. The lowest BCUT2D eigenvalue weighted by Crippen LogP contribution is -2.37. The van der Waals surface area contributed by atoms with Gasteiger partial charge >= 0.3 is 0 Å². The smallest absolute Gasteiger partial charge is 0.0720 e. The van der Waals surface area contributed by atoms with Crippen LogP contribution in [0.2, 0.25) is 0 Å².